The van der Waals surface area contributed by atoms with Crippen molar-refractivity contribution in [3.8, 4) is 17.0 Å². The van der Waals surface area contributed by atoms with Crippen molar-refractivity contribution in [1.29, 1.82) is 0 Å². The maximum atomic E-state index is 13.4. The summed E-state index contributed by atoms with van der Waals surface area (Å²) >= 11 is 0. The van der Waals surface area contributed by atoms with Gasteiger partial charge in [-0.2, -0.15) is 0 Å². The molecule has 1 fully saturated rings. The van der Waals surface area contributed by atoms with Crippen LogP contribution in [0.25, 0.3) is 11.1 Å². The first-order valence-corrected chi connectivity index (χ1v) is 8.99. The van der Waals surface area contributed by atoms with Crippen LogP contribution >= 0.6 is 0 Å². The van der Waals surface area contributed by atoms with Gasteiger partial charge in [0.1, 0.15) is 0 Å². The van der Waals surface area contributed by atoms with E-state index in [-0.39, 0.29) is 6.04 Å². The Morgan fingerprint density at radius 1 is 1.28 bits per heavy atom. The number of benzene rings is 1. The van der Waals surface area contributed by atoms with Gasteiger partial charge in [0.2, 0.25) is 5.88 Å². The van der Waals surface area contributed by atoms with Crippen molar-refractivity contribution < 1.29 is 9.50 Å². The number of halogens is 1. The van der Waals surface area contributed by atoms with Gasteiger partial charge in [0.05, 0.1) is 0 Å². The molecule has 0 bridgehead atoms. The Balaban J connectivity index is 1.62. The summed E-state index contributed by atoms with van der Waals surface area (Å²) in [6.07, 6.45) is 6.29. The van der Waals surface area contributed by atoms with Crippen molar-refractivity contribution in [2.75, 3.05) is 13.1 Å². The number of nitrogens with two attached hydrogens (primary N) is 1. The Hall–Kier alpha value is -1.98. The third-order valence-corrected chi connectivity index (χ3v) is 5.16. The van der Waals surface area contributed by atoms with Gasteiger partial charge in [0.15, 0.2) is 5.82 Å². The van der Waals surface area contributed by atoms with Crippen molar-refractivity contribution >= 4 is 0 Å². The van der Waals surface area contributed by atoms with E-state index in [9.17, 15) is 9.50 Å². The first kappa shape index (κ1) is 17.8. The molecule has 2 aromatic rings. The molecule has 1 aromatic heterocycles. The van der Waals surface area contributed by atoms with Crippen LogP contribution in [-0.2, 0) is 0 Å². The number of pyridine rings is 1. The fourth-order valence-electron chi connectivity index (χ4n) is 3.47. The van der Waals surface area contributed by atoms with E-state index in [1.165, 1.54) is 38.1 Å². The van der Waals surface area contributed by atoms with Gasteiger partial charge in [0, 0.05) is 30.4 Å². The number of piperidine rings is 1. The van der Waals surface area contributed by atoms with Gasteiger partial charge in [-0.3, -0.25) is 0 Å². The minimum Gasteiger partial charge on any atom is -0.491 e. The molecule has 3 rings (SSSR count). The lowest BCUT2D eigenvalue weighted by Gasteiger charge is -2.34. The number of aromatic hydroxyl groups is 1. The number of hydrogen-bond acceptors (Lipinski definition) is 4. The van der Waals surface area contributed by atoms with Crippen molar-refractivity contribution in [3.05, 3.63) is 47.9 Å². The van der Waals surface area contributed by atoms with E-state index < -0.39 is 11.7 Å². The Bertz CT molecular complexity index is 705. The van der Waals surface area contributed by atoms with Crippen LogP contribution in [0.2, 0.25) is 0 Å². The molecule has 2 atom stereocenters. The standard InChI is InChI=1S/C20H26FN3O/c1-14-4-2-3-10-24(14)11-9-19(22)16-7-5-15(6-8-16)17-12-18(21)20(25)23-13-17/h5-8,12-14,19H,2-4,9-11,22H2,1H3,(H,23,25)/t14-,19?/m1/s1. The van der Waals surface area contributed by atoms with Crippen LogP contribution in [0.3, 0.4) is 0 Å². The smallest absolute Gasteiger partial charge is 0.247 e. The fourth-order valence-corrected chi connectivity index (χ4v) is 3.47. The van der Waals surface area contributed by atoms with Crippen LogP contribution in [0.4, 0.5) is 4.39 Å². The predicted octanol–water partition coefficient (Wildman–Crippen LogP) is 3.86. The highest BCUT2D eigenvalue weighted by Crippen LogP contribution is 2.25. The van der Waals surface area contributed by atoms with Gasteiger partial charge < -0.3 is 15.7 Å². The highest BCUT2D eigenvalue weighted by molar-refractivity contribution is 5.63. The molecule has 1 saturated heterocycles. The van der Waals surface area contributed by atoms with E-state index in [0.717, 1.165) is 24.1 Å². The van der Waals surface area contributed by atoms with Crippen LogP contribution in [0.1, 0.15) is 44.2 Å². The molecule has 25 heavy (non-hydrogen) atoms. The van der Waals surface area contributed by atoms with Crippen molar-refractivity contribution in [3.63, 3.8) is 0 Å². The second-order valence-electron chi connectivity index (χ2n) is 6.93. The van der Waals surface area contributed by atoms with E-state index in [4.69, 9.17) is 5.73 Å². The third-order valence-electron chi connectivity index (χ3n) is 5.16. The van der Waals surface area contributed by atoms with Crippen LogP contribution in [0, 0.1) is 5.82 Å². The number of rotatable bonds is 5. The minimum atomic E-state index is -0.714. The third kappa shape index (κ3) is 4.35. The molecule has 1 aliphatic rings. The summed E-state index contributed by atoms with van der Waals surface area (Å²) in [5, 5.41) is 9.19. The quantitative estimate of drug-likeness (QED) is 0.865. The maximum Gasteiger partial charge on any atom is 0.247 e. The summed E-state index contributed by atoms with van der Waals surface area (Å²) in [7, 11) is 0. The first-order valence-electron chi connectivity index (χ1n) is 8.99. The second kappa shape index (κ2) is 7.93. The zero-order valence-electron chi connectivity index (χ0n) is 14.7. The lowest BCUT2D eigenvalue weighted by Crippen LogP contribution is -2.38. The zero-order chi connectivity index (χ0) is 17.8. The summed E-state index contributed by atoms with van der Waals surface area (Å²) in [5.74, 6) is -1.29. The summed E-state index contributed by atoms with van der Waals surface area (Å²) in [5.41, 5.74) is 8.93. The molecule has 1 unspecified atom stereocenters. The van der Waals surface area contributed by atoms with E-state index in [1.54, 1.807) is 0 Å². The number of hydrogen-bond donors (Lipinski definition) is 2. The number of aromatic nitrogens is 1. The Kier molecular flexibility index (Phi) is 5.66. The van der Waals surface area contributed by atoms with Crippen LogP contribution in [0.15, 0.2) is 36.5 Å². The summed E-state index contributed by atoms with van der Waals surface area (Å²) in [4.78, 5) is 6.18. The Morgan fingerprint density at radius 2 is 2.04 bits per heavy atom. The summed E-state index contributed by atoms with van der Waals surface area (Å²) in [6.45, 7) is 4.49. The maximum absolute atomic E-state index is 13.4. The number of likely N-dealkylation sites (tertiary alicyclic amines) is 1. The van der Waals surface area contributed by atoms with Gasteiger partial charge in [0.25, 0.3) is 0 Å². The predicted molar refractivity (Wildman–Crippen MR) is 97.7 cm³/mol. The fraction of sp³-hybridized carbons (Fsp3) is 0.450. The molecule has 2 heterocycles. The van der Waals surface area contributed by atoms with Crippen LogP contribution in [-0.4, -0.2) is 34.1 Å². The number of nitrogens with zero attached hydrogens (tertiary/aromatic N) is 2. The lowest BCUT2D eigenvalue weighted by molar-refractivity contribution is 0.155. The highest BCUT2D eigenvalue weighted by atomic mass is 19.1. The Morgan fingerprint density at radius 3 is 2.72 bits per heavy atom. The van der Waals surface area contributed by atoms with E-state index in [1.807, 2.05) is 24.3 Å². The molecular weight excluding hydrogens is 317 g/mol. The van der Waals surface area contributed by atoms with Gasteiger partial charge in [-0.1, -0.05) is 30.7 Å². The summed E-state index contributed by atoms with van der Waals surface area (Å²) < 4.78 is 13.4. The molecule has 3 N–H and O–H groups in total. The molecule has 0 spiro atoms. The molecule has 0 saturated carbocycles. The molecule has 0 aliphatic carbocycles. The molecule has 4 nitrogen and oxygen atoms in total. The SMILES string of the molecule is C[C@@H]1CCCCN1CCC(N)c1ccc(-c2cnc(O)c(F)c2)cc1. The van der Waals surface area contributed by atoms with Crippen LogP contribution < -0.4 is 5.73 Å². The van der Waals surface area contributed by atoms with Gasteiger partial charge in [-0.15, -0.1) is 0 Å². The van der Waals surface area contributed by atoms with Gasteiger partial charge in [-0.05, 0) is 49.9 Å². The monoisotopic (exact) mass is 343 g/mol. The summed E-state index contributed by atoms with van der Waals surface area (Å²) in [6, 6.07) is 9.76. The van der Waals surface area contributed by atoms with Gasteiger partial charge >= 0.3 is 0 Å². The normalized spacial score (nSPS) is 19.7. The van der Waals surface area contributed by atoms with Gasteiger partial charge in [-0.25, -0.2) is 9.37 Å². The van der Waals surface area contributed by atoms with E-state index >= 15 is 0 Å². The largest absolute Gasteiger partial charge is 0.491 e. The van der Waals surface area contributed by atoms with Crippen LogP contribution in [0.5, 0.6) is 5.88 Å². The topological polar surface area (TPSA) is 62.4 Å². The molecule has 1 aliphatic heterocycles. The average Bonchev–Trinajstić information content (AvgIpc) is 2.63. The Labute approximate surface area is 148 Å². The van der Waals surface area contributed by atoms with Crippen molar-refractivity contribution in [2.24, 2.45) is 5.73 Å². The second-order valence-corrected chi connectivity index (χ2v) is 6.93. The highest BCUT2D eigenvalue weighted by Gasteiger charge is 2.19. The lowest BCUT2D eigenvalue weighted by atomic mass is 9.99. The molecule has 1 aromatic carbocycles. The minimum absolute atomic E-state index is 0.00199. The first-order chi connectivity index (χ1) is 12.0. The molecule has 0 amide bonds. The molecule has 5 heteroatoms. The average molecular weight is 343 g/mol. The van der Waals surface area contributed by atoms with E-state index in [0.29, 0.717) is 11.6 Å². The van der Waals surface area contributed by atoms with Crippen molar-refractivity contribution in [1.82, 2.24) is 9.88 Å². The zero-order valence-corrected chi connectivity index (χ0v) is 14.7. The molecule has 0 radical (unpaired) electrons. The molecular formula is C20H26FN3O. The molecule has 134 valence electrons. The van der Waals surface area contributed by atoms with Crippen molar-refractivity contribution in [2.45, 2.75) is 44.7 Å². The van der Waals surface area contributed by atoms with E-state index in [2.05, 4.69) is 16.8 Å².